The fourth-order valence-corrected chi connectivity index (χ4v) is 4.81. The van der Waals surface area contributed by atoms with Crippen molar-refractivity contribution in [1.29, 1.82) is 0 Å². The van der Waals surface area contributed by atoms with Crippen LogP contribution in [-0.4, -0.2) is 18.1 Å². The summed E-state index contributed by atoms with van der Waals surface area (Å²) in [4.78, 5) is 17.5. The van der Waals surface area contributed by atoms with Gasteiger partial charge in [-0.2, -0.15) is 0 Å². The van der Waals surface area contributed by atoms with Crippen LogP contribution in [0.1, 0.15) is 17.5 Å². The molecule has 2 fully saturated rings. The predicted octanol–water partition coefficient (Wildman–Crippen LogP) is 4.69. The van der Waals surface area contributed by atoms with Crippen LogP contribution in [0.15, 0.2) is 60.7 Å². The Morgan fingerprint density at radius 1 is 0.720 bits per heavy atom. The second-order valence-electron chi connectivity index (χ2n) is 7.62. The molecule has 2 amide bonds. The zero-order valence-electron chi connectivity index (χ0n) is 14.6. The van der Waals surface area contributed by atoms with Crippen molar-refractivity contribution in [3.63, 3.8) is 0 Å². The van der Waals surface area contributed by atoms with Crippen LogP contribution in [0.5, 0.6) is 0 Å². The largest absolute Gasteiger partial charge is 0.329 e. The van der Waals surface area contributed by atoms with E-state index < -0.39 is 0 Å². The summed E-state index contributed by atoms with van der Waals surface area (Å²) in [5.74, 6) is 0.936. The molecule has 0 aromatic heterocycles. The molecule has 0 N–H and O–H groups in total. The van der Waals surface area contributed by atoms with Gasteiger partial charge < -0.3 is 0 Å². The van der Waals surface area contributed by atoms with E-state index in [0.717, 1.165) is 17.8 Å². The van der Waals surface area contributed by atoms with Gasteiger partial charge in [0.25, 0.3) is 0 Å². The Labute approximate surface area is 148 Å². The number of hydrogen-bond donors (Lipinski definition) is 0. The van der Waals surface area contributed by atoms with Gasteiger partial charge in [-0.1, -0.05) is 47.5 Å². The van der Waals surface area contributed by atoms with Crippen molar-refractivity contribution in [2.45, 2.75) is 32.4 Å². The van der Waals surface area contributed by atoms with Crippen molar-refractivity contribution in [1.82, 2.24) is 0 Å². The third-order valence-electron chi connectivity index (χ3n) is 6.01. The van der Waals surface area contributed by atoms with Crippen molar-refractivity contribution in [3.8, 4) is 0 Å². The minimum atomic E-state index is 0.112. The number of hydrogen-bond acceptors (Lipinski definition) is 1. The van der Waals surface area contributed by atoms with E-state index in [1.165, 1.54) is 11.1 Å². The second-order valence-corrected chi connectivity index (χ2v) is 7.62. The fourth-order valence-electron chi connectivity index (χ4n) is 4.81. The van der Waals surface area contributed by atoms with Crippen molar-refractivity contribution in [2.75, 3.05) is 9.80 Å². The molecule has 1 aliphatic heterocycles. The zero-order valence-corrected chi connectivity index (χ0v) is 14.6. The highest BCUT2D eigenvalue weighted by Gasteiger charge is 2.58. The van der Waals surface area contributed by atoms with Crippen molar-refractivity contribution >= 4 is 17.4 Å². The third-order valence-corrected chi connectivity index (χ3v) is 6.01. The van der Waals surface area contributed by atoms with E-state index in [0.29, 0.717) is 11.8 Å². The number of fused-ring (bicyclic) bond motifs is 5. The molecular formula is C22H22N2O. The van der Waals surface area contributed by atoms with Gasteiger partial charge in [0, 0.05) is 23.2 Å². The van der Waals surface area contributed by atoms with Gasteiger partial charge in [-0.3, -0.25) is 9.80 Å². The summed E-state index contributed by atoms with van der Waals surface area (Å²) < 4.78 is 0. The monoisotopic (exact) mass is 330 g/mol. The van der Waals surface area contributed by atoms with E-state index in [2.05, 4.69) is 74.5 Å². The molecule has 3 aliphatic rings. The van der Waals surface area contributed by atoms with E-state index in [9.17, 15) is 4.79 Å². The smallest absolute Gasteiger partial charge is 0.288 e. The number of urea groups is 1. The van der Waals surface area contributed by atoms with Gasteiger partial charge in [0.05, 0.1) is 12.1 Å². The van der Waals surface area contributed by atoms with Crippen LogP contribution in [0, 0.1) is 25.7 Å². The molecule has 3 nitrogen and oxygen atoms in total. The molecule has 2 aromatic rings. The van der Waals surface area contributed by atoms with E-state index in [1.807, 2.05) is 9.80 Å². The minimum Gasteiger partial charge on any atom is -0.288 e. The maximum atomic E-state index is 13.4. The molecule has 0 spiro atoms. The first-order valence-corrected chi connectivity index (χ1v) is 9.07. The molecule has 25 heavy (non-hydrogen) atoms. The highest BCUT2D eigenvalue weighted by molar-refractivity contribution is 6.08. The maximum Gasteiger partial charge on any atom is 0.329 e. The first kappa shape index (κ1) is 14.8. The number of carbonyl (C=O) groups is 1. The molecule has 1 saturated carbocycles. The topological polar surface area (TPSA) is 23.6 Å². The maximum absolute atomic E-state index is 13.4. The van der Waals surface area contributed by atoms with E-state index in [1.54, 1.807) is 0 Å². The molecule has 1 heterocycles. The lowest BCUT2D eigenvalue weighted by atomic mass is 9.95. The number of amides is 2. The standard InChI is InChI=1S/C22H22N2O/c1-14-3-9-18(10-4-14)23-20-16-7-8-17(13-16)21(20)24(22(23)25)19-11-5-15(2)6-12-19/h3-12,16-17,20-21H,13H2,1-2H3/t16-,17+,20-,21+. The van der Waals surface area contributed by atoms with Crippen LogP contribution in [0.25, 0.3) is 0 Å². The second kappa shape index (κ2) is 5.22. The van der Waals surface area contributed by atoms with Gasteiger partial charge >= 0.3 is 6.03 Å². The summed E-state index contributed by atoms with van der Waals surface area (Å²) in [7, 11) is 0. The summed E-state index contributed by atoms with van der Waals surface area (Å²) in [5.41, 5.74) is 4.47. The first-order valence-electron chi connectivity index (χ1n) is 9.07. The van der Waals surface area contributed by atoms with Crippen LogP contribution in [0.4, 0.5) is 16.2 Å². The molecule has 126 valence electrons. The Hall–Kier alpha value is -2.55. The lowest BCUT2D eigenvalue weighted by Gasteiger charge is -2.28. The van der Waals surface area contributed by atoms with Gasteiger partial charge in [0.2, 0.25) is 0 Å². The fraction of sp³-hybridized carbons (Fsp3) is 0.318. The summed E-state index contributed by atoms with van der Waals surface area (Å²) in [6.45, 7) is 4.16. The summed E-state index contributed by atoms with van der Waals surface area (Å²) in [5, 5.41) is 0. The van der Waals surface area contributed by atoms with E-state index >= 15 is 0 Å². The van der Waals surface area contributed by atoms with Crippen molar-refractivity contribution in [2.24, 2.45) is 11.8 Å². The Morgan fingerprint density at radius 3 is 1.52 bits per heavy atom. The number of benzene rings is 2. The highest BCUT2D eigenvalue weighted by atomic mass is 16.2. The Bertz CT molecular complexity index is 783. The van der Waals surface area contributed by atoms with Crippen LogP contribution in [0.3, 0.4) is 0 Å². The van der Waals surface area contributed by atoms with Gasteiger partial charge in [-0.05, 0) is 44.5 Å². The molecule has 2 aliphatic carbocycles. The van der Waals surface area contributed by atoms with Gasteiger partial charge in [0.1, 0.15) is 0 Å². The van der Waals surface area contributed by atoms with Crippen LogP contribution in [-0.2, 0) is 0 Å². The number of anilines is 2. The molecule has 0 unspecified atom stereocenters. The van der Waals surface area contributed by atoms with Gasteiger partial charge in [0.15, 0.2) is 0 Å². The molecule has 3 heteroatoms. The summed E-state index contributed by atoms with van der Waals surface area (Å²) in [6, 6.07) is 17.3. The van der Waals surface area contributed by atoms with Crippen molar-refractivity contribution < 1.29 is 4.79 Å². The summed E-state index contributed by atoms with van der Waals surface area (Å²) >= 11 is 0. The molecule has 2 aromatic carbocycles. The van der Waals surface area contributed by atoms with E-state index in [-0.39, 0.29) is 18.1 Å². The molecular weight excluding hydrogens is 308 g/mol. The Balaban J connectivity index is 1.61. The number of rotatable bonds is 2. The molecule has 1 saturated heterocycles. The molecule has 0 radical (unpaired) electrons. The van der Waals surface area contributed by atoms with Gasteiger partial charge in [-0.25, -0.2) is 4.79 Å². The minimum absolute atomic E-state index is 0.112. The lowest BCUT2D eigenvalue weighted by molar-refractivity contribution is 0.254. The first-order chi connectivity index (χ1) is 12.1. The number of aryl methyl sites for hydroxylation is 2. The molecule has 5 rings (SSSR count). The SMILES string of the molecule is Cc1ccc(N2C(=O)N(c3ccc(C)cc3)[C@H]3[C@@H]2[C@H]2C=C[C@@H]3C2)cc1. The van der Waals surface area contributed by atoms with Crippen LogP contribution in [0.2, 0.25) is 0 Å². The summed E-state index contributed by atoms with van der Waals surface area (Å²) in [6.07, 6.45) is 5.80. The molecule has 2 bridgehead atoms. The van der Waals surface area contributed by atoms with Crippen LogP contribution >= 0.6 is 0 Å². The predicted molar refractivity (Wildman–Crippen MR) is 101 cm³/mol. The molecule has 4 atom stereocenters. The quantitative estimate of drug-likeness (QED) is 0.733. The Morgan fingerprint density at radius 2 is 1.12 bits per heavy atom. The van der Waals surface area contributed by atoms with E-state index in [4.69, 9.17) is 0 Å². The average Bonchev–Trinajstić information content (AvgIpc) is 3.28. The zero-order chi connectivity index (χ0) is 17.1. The van der Waals surface area contributed by atoms with Crippen molar-refractivity contribution in [3.05, 3.63) is 71.8 Å². The average molecular weight is 330 g/mol. The Kier molecular flexibility index (Phi) is 3.08. The lowest BCUT2D eigenvalue weighted by Crippen LogP contribution is -2.40. The van der Waals surface area contributed by atoms with Gasteiger partial charge in [-0.15, -0.1) is 0 Å². The highest BCUT2D eigenvalue weighted by Crippen LogP contribution is 2.50. The van der Waals surface area contributed by atoms with Crippen LogP contribution < -0.4 is 9.80 Å². The third kappa shape index (κ3) is 2.08. The normalized spacial score (nSPS) is 29.6. The number of carbonyl (C=O) groups excluding carboxylic acids is 1. The number of nitrogens with zero attached hydrogens (tertiary/aromatic N) is 2.